The number of carbonyl (C=O) groups excluding carboxylic acids is 2. The number of nitrogens with zero attached hydrogens (tertiary/aromatic N) is 2. The highest BCUT2D eigenvalue weighted by molar-refractivity contribution is 6.41. The van der Waals surface area contributed by atoms with Gasteiger partial charge < -0.3 is 4.57 Å². The minimum absolute atomic E-state index is 0.194. The molecule has 0 spiro atoms. The van der Waals surface area contributed by atoms with Crippen molar-refractivity contribution in [2.45, 2.75) is 26.4 Å². The summed E-state index contributed by atoms with van der Waals surface area (Å²) in [6, 6.07) is 18.4. The number of aromatic nitrogens is 1. The molecule has 5 rings (SSSR count). The maximum absolute atomic E-state index is 12.8. The molecule has 0 saturated heterocycles. The maximum atomic E-state index is 12.8. The van der Waals surface area contributed by atoms with Crippen LogP contribution in [0, 0.1) is 4.91 Å². The number of Topliss-reactive ketones (excluding diaryl/α,β-unsaturated/α-hetero) is 2. The van der Waals surface area contributed by atoms with Crippen LogP contribution in [0.3, 0.4) is 0 Å². The Kier molecular flexibility index (Phi) is 4.40. The van der Waals surface area contributed by atoms with Gasteiger partial charge in [-0.2, -0.15) is 4.91 Å². The molecule has 0 bridgehead atoms. The first-order valence-corrected chi connectivity index (χ1v) is 10.3. The first-order valence-electron chi connectivity index (χ1n) is 10.3. The number of ketones is 2. The molecule has 0 N–H and O–H groups in total. The molecule has 1 heterocycles. The summed E-state index contributed by atoms with van der Waals surface area (Å²) in [7, 11) is 0. The quantitative estimate of drug-likeness (QED) is 0.233. The lowest BCUT2D eigenvalue weighted by Crippen LogP contribution is -2.00. The summed E-state index contributed by atoms with van der Waals surface area (Å²) in [6.07, 6.45) is 1.68. The van der Waals surface area contributed by atoms with E-state index in [-0.39, 0.29) is 17.1 Å². The minimum Gasteiger partial charge on any atom is -0.341 e. The van der Waals surface area contributed by atoms with Crippen LogP contribution in [0.25, 0.3) is 27.9 Å². The van der Waals surface area contributed by atoms with Crippen LogP contribution in [-0.4, -0.2) is 16.1 Å². The Morgan fingerprint density at radius 3 is 2.13 bits per heavy atom. The van der Waals surface area contributed by atoms with Gasteiger partial charge in [0.05, 0.1) is 5.57 Å². The molecule has 152 valence electrons. The van der Waals surface area contributed by atoms with E-state index in [4.69, 9.17) is 0 Å². The molecule has 1 aliphatic rings. The second kappa shape index (κ2) is 7.13. The second-order valence-corrected chi connectivity index (χ2v) is 7.84. The van der Waals surface area contributed by atoms with Gasteiger partial charge in [0.2, 0.25) is 0 Å². The standard InChI is InChI=1S/C26H20N2O3/c1-3-28-23-10-8-16(13-22-25(29)18-6-4-5-7-19(18)26(22)30)12-20(23)21-14-17(15(2)27-31)9-11-24(21)28/h4-15H,3H2,1-2H3. The van der Waals surface area contributed by atoms with E-state index in [0.29, 0.717) is 11.1 Å². The van der Waals surface area contributed by atoms with Gasteiger partial charge in [-0.05, 0) is 55.3 Å². The molecule has 0 aliphatic heterocycles. The number of hydrogen-bond acceptors (Lipinski definition) is 4. The van der Waals surface area contributed by atoms with Crippen molar-refractivity contribution in [2.75, 3.05) is 0 Å². The summed E-state index contributed by atoms with van der Waals surface area (Å²) >= 11 is 0. The fourth-order valence-electron chi connectivity index (χ4n) is 4.46. The number of allylic oxidation sites excluding steroid dienone is 1. The van der Waals surface area contributed by atoms with Gasteiger partial charge >= 0.3 is 0 Å². The Balaban J connectivity index is 1.69. The average molecular weight is 408 g/mol. The summed E-state index contributed by atoms with van der Waals surface area (Å²) in [5.41, 5.74) is 4.90. The van der Waals surface area contributed by atoms with Crippen LogP contribution in [0.2, 0.25) is 0 Å². The highest BCUT2D eigenvalue weighted by Gasteiger charge is 2.32. The van der Waals surface area contributed by atoms with Crippen LogP contribution in [0.4, 0.5) is 0 Å². The van der Waals surface area contributed by atoms with Crippen molar-refractivity contribution >= 4 is 39.4 Å². The third-order valence-electron chi connectivity index (χ3n) is 6.09. The number of benzene rings is 3. The molecule has 5 heteroatoms. The Morgan fingerprint density at radius 2 is 1.52 bits per heavy atom. The van der Waals surface area contributed by atoms with Gasteiger partial charge in [0.1, 0.15) is 6.04 Å². The van der Waals surface area contributed by atoms with Crippen LogP contribution in [0.1, 0.15) is 51.7 Å². The van der Waals surface area contributed by atoms with Crippen LogP contribution in [-0.2, 0) is 6.54 Å². The molecule has 1 unspecified atom stereocenters. The van der Waals surface area contributed by atoms with Crippen molar-refractivity contribution in [3.63, 3.8) is 0 Å². The fraction of sp³-hybridized carbons (Fsp3) is 0.154. The van der Waals surface area contributed by atoms with Crippen LogP contribution in [0.15, 0.2) is 71.4 Å². The smallest absolute Gasteiger partial charge is 0.197 e. The molecule has 0 radical (unpaired) electrons. The summed E-state index contributed by atoms with van der Waals surface area (Å²) in [5, 5.41) is 5.19. The molecule has 1 aromatic heterocycles. The fourth-order valence-corrected chi connectivity index (χ4v) is 4.46. The van der Waals surface area contributed by atoms with E-state index in [9.17, 15) is 14.5 Å². The van der Waals surface area contributed by atoms with Crippen LogP contribution >= 0.6 is 0 Å². The first kappa shape index (κ1) is 19.1. The lowest BCUT2D eigenvalue weighted by molar-refractivity contribution is 0.0990. The van der Waals surface area contributed by atoms with E-state index in [1.54, 1.807) is 37.3 Å². The molecular weight excluding hydrogens is 388 g/mol. The molecule has 4 aromatic rings. The highest BCUT2D eigenvalue weighted by Crippen LogP contribution is 2.34. The normalized spacial score (nSPS) is 14.3. The molecule has 0 fully saturated rings. The molecule has 0 saturated carbocycles. The van der Waals surface area contributed by atoms with Gasteiger partial charge in [-0.1, -0.05) is 41.6 Å². The van der Waals surface area contributed by atoms with Crippen molar-refractivity contribution in [1.82, 2.24) is 4.57 Å². The lowest BCUT2D eigenvalue weighted by atomic mass is 10.0. The van der Waals surface area contributed by atoms with E-state index in [1.165, 1.54) is 0 Å². The predicted octanol–water partition coefficient (Wildman–Crippen LogP) is 6.10. The molecule has 3 aromatic carbocycles. The first-order chi connectivity index (χ1) is 15.0. The zero-order chi connectivity index (χ0) is 21.7. The molecule has 31 heavy (non-hydrogen) atoms. The highest BCUT2D eigenvalue weighted by atomic mass is 16.3. The topological polar surface area (TPSA) is 68.5 Å². The summed E-state index contributed by atoms with van der Waals surface area (Å²) in [5.74, 6) is -0.463. The van der Waals surface area contributed by atoms with Crippen LogP contribution < -0.4 is 0 Å². The monoisotopic (exact) mass is 408 g/mol. The summed E-state index contributed by atoms with van der Waals surface area (Å²) < 4.78 is 2.21. The average Bonchev–Trinajstić information content (AvgIpc) is 3.25. The molecular formula is C26H20N2O3. The molecule has 1 atom stereocenters. The van der Waals surface area contributed by atoms with E-state index in [2.05, 4.69) is 16.7 Å². The predicted molar refractivity (Wildman–Crippen MR) is 122 cm³/mol. The zero-order valence-electron chi connectivity index (χ0n) is 17.3. The number of carbonyl (C=O) groups is 2. The van der Waals surface area contributed by atoms with Crippen LogP contribution in [0.5, 0.6) is 0 Å². The van der Waals surface area contributed by atoms with Gasteiger partial charge in [-0.25, -0.2) is 0 Å². The summed E-state index contributed by atoms with van der Waals surface area (Å²) in [4.78, 5) is 36.6. The van der Waals surface area contributed by atoms with E-state index in [1.807, 2.05) is 36.4 Å². The van der Waals surface area contributed by atoms with Crippen molar-refractivity contribution in [3.05, 3.63) is 93.4 Å². The Labute approximate surface area is 179 Å². The van der Waals surface area contributed by atoms with E-state index >= 15 is 0 Å². The van der Waals surface area contributed by atoms with Gasteiger partial charge in [-0.3, -0.25) is 9.59 Å². The molecule has 5 nitrogen and oxygen atoms in total. The number of nitroso groups, excluding NO2 is 1. The van der Waals surface area contributed by atoms with Gasteiger partial charge in [0, 0.05) is 39.5 Å². The maximum Gasteiger partial charge on any atom is 0.197 e. The minimum atomic E-state index is -0.429. The second-order valence-electron chi connectivity index (χ2n) is 7.84. The summed E-state index contributed by atoms with van der Waals surface area (Å²) in [6.45, 7) is 4.66. The molecule has 1 aliphatic carbocycles. The van der Waals surface area contributed by atoms with Crippen molar-refractivity contribution in [1.29, 1.82) is 0 Å². The largest absolute Gasteiger partial charge is 0.341 e. The van der Waals surface area contributed by atoms with Gasteiger partial charge in [0.25, 0.3) is 0 Å². The van der Waals surface area contributed by atoms with E-state index in [0.717, 1.165) is 39.5 Å². The van der Waals surface area contributed by atoms with Crippen molar-refractivity contribution in [3.8, 4) is 0 Å². The van der Waals surface area contributed by atoms with E-state index < -0.39 is 6.04 Å². The van der Waals surface area contributed by atoms with Gasteiger partial charge in [0.15, 0.2) is 11.6 Å². The third-order valence-corrected chi connectivity index (χ3v) is 6.09. The van der Waals surface area contributed by atoms with Crippen molar-refractivity contribution in [2.24, 2.45) is 5.18 Å². The third kappa shape index (κ3) is 2.85. The number of rotatable bonds is 4. The number of aryl methyl sites for hydroxylation is 1. The number of fused-ring (bicyclic) bond motifs is 4. The van der Waals surface area contributed by atoms with Crippen molar-refractivity contribution < 1.29 is 9.59 Å². The Bertz CT molecular complexity index is 1410. The van der Waals surface area contributed by atoms with Gasteiger partial charge in [-0.15, -0.1) is 0 Å². The Morgan fingerprint density at radius 1 is 0.903 bits per heavy atom. The Hall–Kier alpha value is -3.86. The number of hydrogen-bond donors (Lipinski definition) is 0. The lowest BCUT2D eigenvalue weighted by Gasteiger charge is -2.05. The zero-order valence-corrected chi connectivity index (χ0v) is 17.3. The molecule has 0 amide bonds. The SMILES string of the molecule is CCn1c2ccc(C=C3C(=O)c4ccccc4C3=O)cc2c2cc(C(C)N=O)ccc21.